The molecule has 0 radical (unpaired) electrons. The molecule has 1 unspecified atom stereocenters. The van der Waals surface area contributed by atoms with Crippen LogP contribution in [0.2, 0.25) is 0 Å². The van der Waals surface area contributed by atoms with E-state index in [-0.39, 0.29) is 11.2 Å². The number of pyridine rings is 1. The molecule has 8 heteroatoms. The van der Waals surface area contributed by atoms with Crippen LogP contribution in [0.1, 0.15) is 32.6 Å². The molecule has 1 fully saturated rings. The van der Waals surface area contributed by atoms with Crippen LogP contribution in [0.3, 0.4) is 0 Å². The summed E-state index contributed by atoms with van der Waals surface area (Å²) in [6.45, 7) is 3.00. The number of hydrogen-bond donors (Lipinski definition) is 1. The molecule has 0 saturated carbocycles. The molecule has 0 spiro atoms. The lowest BCUT2D eigenvalue weighted by Crippen LogP contribution is -2.41. The minimum absolute atomic E-state index is 0.0254. The van der Waals surface area contributed by atoms with Gasteiger partial charge in [0.1, 0.15) is 0 Å². The summed E-state index contributed by atoms with van der Waals surface area (Å²) >= 11 is 0. The molecule has 1 atom stereocenters. The van der Waals surface area contributed by atoms with Crippen LogP contribution in [-0.4, -0.2) is 32.5 Å². The molecule has 1 aliphatic heterocycles. The van der Waals surface area contributed by atoms with Crippen molar-refractivity contribution in [2.75, 3.05) is 11.4 Å². The number of nitrogens with one attached hydrogen (secondary N) is 1. The molecule has 8 nitrogen and oxygen atoms in total. The first-order valence-electron chi connectivity index (χ1n) is 9.49. The van der Waals surface area contributed by atoms with Gasteiger partial charge >= 0.3 is 0 Å². The van der Waals surface area contributed by atoms with Gasteiger partial charge in [0.25, 0.3) is 11.2 Å². The molecule has 3 heterocycles. The quantitative estimate of drug-likeness (QED) is 0.548. The number of benzene rings is 1. The van der Waals surface area contributed by atoms with Crippen molar-refractivity contribution >= 4 is 22.7 Å². The number of anilines is 1. The van der Waals surface area contributed by atoms with Crippen molar-refractivity contribution in [2.45, 2.75) is 38.6 Å². The fourth-order valence-corrected chi connectivity index (χ4v) is 3.92. The average molecular weight is 379 g/mol. The summed E-state index contributed by atoms with van der Waals surface area (Å²) in [6, 6.07) is 8.28. The topological polar surface area (TPSA) is 105 Å². The molecule has 1 saturated heterocycles. The maximum absolute atomic E-state index is 13.0. The smallest absolute Gasteiger partial charge is 0.270 e. The minimum atomic E-state index is -0.450. The number of aromatic amines is 1. The van der Waals surface area contributed by atoms with E-state index in [1.54, 1.807) is 24.4 Å². The van der Waals surface area contributed by atoms with Gasteiger partial charge in [-0.25, -0.2) is 4.98 Å². The van der Waals surface area contributed by atoms with E-state index < -0.39 is 4.92 Å². The number of aromatic nitrogens is 3. The largest absolute Gasteiger partial charge is 0.339 e. The van der Waals surface area contributed by atoms with Crippen molar-refractivity contribution in [3.63, 3.8) is 0 Å². The number of nitro groups is 1. The predicted molar refractivity (Wildman–Crippen MR) is 108 cm³/mol. The molecular weight excluding hydrogens is 358 g/mol. The Kier molecular flexibility index (Phi) is 4.77. The summed E-state index contributed by atoms with van der Waals surface area (Å²) in [5.74, 6) is 0.549. The van der Waals surface area contributed by atoms with Crippen molar-refractivity contribution in [3.05, 3.63) is 57.0 Å². The maximum atomic E-state index is 13.0. The second-order valence-electron chi connectivity index (χ2n) is 7.01. The third-order valence-corrected chi connectivity index (χ3v) is 5.33. The molecule has 4 rings (SSSR count). The highest BCUT2D eigenvalue weighted by Crippen LogP contribution is 2.29. The summed E-state index contributed by atoms with van der Waals surface area (Å²) < 4.78 is 0. The van der Waals surface area contributed by atoms with Gasteiger partial charge in [0.05, 0.1) is 10.3 Å². The monoisotopic (exact) mass is 379 g/mol. The van der Waals surface area contributed by atoms with Gasteiger partial charge in [-0.05, 0) is 37.3 Å². The number of H-pyrrole nitrogens is 1. The standard InChI is InChI=1S/C20H21N5O3/c1-2-14-7-3-4-11-24(14)20-22-18-17(19(26)23-20)16(9-10-21-18)13-6-5-8-15(12-13)25(27)28/h5-6,8-10,12,14H,2-4,7,11H2,1H3,(H,21,22,23,26). The van der Waals surface area contributed by atoms with E-state index in [2.05, 4.69) is 26.8 Å². The molecule has 144 valence electrons. The fraction of sp³-hybridized carbons (Fsp3) is 0.350. The summed E-state index contributed by atoms with van der Waals surface area (Å²) in [5.41, 5.74) is 1.21. The Morgan fingerprint density at radius 2 is 2.18 bits per heavy atom. The Hall–Kier alpha value is -3.29. The zero-order chi connectivity index (χ0) is 19.7. The van der Waals surface area contributed by atoms with Crippen molar-refractivity contribution in [1.82, 2.24) is 15.0 Å². The lowest BCUT2D eigenvalue weighted by molar-refractivity contribution is -0.384. The number of fused-ring (bicyclic) bond motifs is 1. The van der Waals surface area contributed by atoms with Crippen LogP contribution in [0, 0.1) is 10.1 Å². The Morgan fingerprint density at radius 1 is 1.32 bits per heavy atom. The molecule has 1 N–H and O–H groups in total. The third kappa shape index (κ3) is 3.21. The second-order valence-corrected chi connectivity index (χ2v) is 7.01. The number of nitrogens with zero attached hydrogens (tertiary/aromatic N) is 4. The van der Waals surface area contributed by atoms with Gasteiger partial charge in [-0.3, -0.25) is 19.9 Å². The zero-order valence-corrected chi connectivity index (χ0v) is 15.6. The third-order valence-electron chi connectivity index (χ3n) is 5.33. The van der Waals surface area contributed by atoms with Crippen molar-refractivity contribution in [3.8, 4) is 11.1 Å². The van der Waals surface area contributed by atoms with Gasteiger partial charge in [-0.1, -0.05) is 19.1 Å². The first-order chi connectivity index (χ1) is 13.6. The minimum Gasteiger partial charge on any atom is -0.339 e. The van der Waals surface area contributed by atoms with E-state index in [1.807, 2.05) is 0 Å². The number of nitro benzene ring substituents is 1. The normalized spacial score (nSPS) is 17.0. The number of rotatable bonds is 4. The molecule has 1 aliphatic rings. The molecule has 28 heavy (non-hydrogen) atoms. The highest BCUT2D eigenvalue weighted by atomic mass is 16.6. The van der Waals surface area contributed by atoms with Gasteiger partial charge in [0.15, 0.2) is 5.65 Å². The van der Waals surface area contributed by atoms with Crippen molar-refractivity contribution in [1.29, 1.82) is 0 Å². The van der Waals surface area contributed by atoms with Crippen LogP contribution in [-0.2, 0) is 0 Å². The maximum Gasteiger partial charge on any atom is 0.270 e. The van der Waals surface area contributed by atoms with E-state index in [0.717, 1.165) is 25.8 Å². The van der Waals surface area contributed by atoms with Crippen LogP contribution >= 0.6 is 0 Å². The van der Waals surface area contributed by atoms with Crippen LogP contribution in [0.25, 0.3) is 22.2 Å². The highest BCUT2D eigenvalue weighted by molar-refractivity contribution is 5.92. The van der Waals surface area contributed by atoms with Gasteiger partial charge in [-0.15, -0.1) is 0 Å². The Labute approximate surface area is 161 Å². The predicted octanol–water partition coefficient (Wildman–Crippen LogP) is 3.66. The Bertz CT molecular complexity index is 1090. The molecule has 0 bridgehead atoms. The van der Waals surface area contributed by atoms with Crippen LogP contribution in [0.5, 0.6) is 0 Å². The lowest BCUT2D eigenvalue weighted by Gasteiger charge is -2.35. The van der Waals surface area contributed by atoms with Gasteiger partial charge in [-0.2, -0.15) is 4.98 Å². The summed E-state index contributed by atoms with van der Waals surface area (Å²) in [4.78, 5) is 37.6. The highest BCUT2D eigenvalue weighted by Gasteiger charge is 2.24. The molecule has 2 aromatic heterocycles. The number of piperidine rings is 1. The van der Waals surface area contributed by atoms with Gasteiger partial charge in [0.2, 0.25) is 5.95 Å². The van der Waals surface area contributed by atoms with E-state index in [0.29, 0.717) is 34.2 Å². The van der Waals surface area contributed by atoms with Crippen molar-refractivity contribution in [2.24, 2.45) is 0 Å². The first-order valence-corrected chi connectivity index (χ1v) is 9.49. The first kappa shape index (κ1) is 18.1. The van der Waals surface area contributed by atoms with E-state index >= 15 is 0 Å². The molecule has 0 aliphatic carbocycles. The summed E-state index contributed by atoms with van der Waals surface area (Å²) in [6.07, 6.45) is 5.91. The Balaban J connectivity index is 1.84. The average Bonchev–Trinajstić information content (AvgIpc) is 2.73. The van der Waals surface area contributed by atoms with E-state index in [9.17, 15) is 14.9 Å². The van der Waals surface area contributed by atoms with Crippen LogP contribution in [0.15, 0.2) is 41.3 Å². The van der Waals surface area contributed by atoms with Crippen LogP contribution in [0.4, 0.5) is 11.6 Å². The van der Waals surface area contributed by atoms with Gasteiger partial charge in [0, 0.05) is 36.5 Å². The van der Waals surface area contributed by atoms with E-state index in [1.165, 1.54) is 18.6 Å². The lowest BCUT2D eigenvalue weighted by atomic mass is 10.0. The SMILES string of the molecule is CCC1CCCCN1c1nc2nccc(-c3cccc([N+](=O)[O-])c3)c2c(=O)[nH]1. The fourth-order valence-electron chi connectivity index (χ4n) is 3.92. The molecule has 1 aromatic carbocycles. The Morgan fingerprint density at radius 3 is 2.96 bits per heavy atom. The van der Waals surface area contributed by atoms with Crippen LogP contribution < -0.4 is 10.5 Å². The number of non-ortho nitro benzene ring substituents is 1. The molecule has 3 aromatic rings. The summed E-state index contributed by atoms with van der Waals surface area (Å²) in [7, 11) is 0. The second kappa shape index (κ2) is 7.38. The van der Waals surface area contributed by atoms with Crippen molar-refractivity contribution < 1.29 is 4.92 Å². The number of hydrogen-bond acceptors (Lipinski definition) is 6. The zero-order valence-electron chi connectivity index (χ0n) is 15.6. The molecule has 0 amide bonds. The van der Waals surface area contributed by atoms with Gasteiger partial charge < -0.3 is 4.90 Å². The molecular formula is C20H21N5O3. The summed E-state index contributed by atoms with van der Waals surface area (Å²) in [5, 5.41) is 11.4. The van der Waals surface area contributed by atoms with E-state index in [4.69, 9.17) is 0 Å².